The molecule has 0 fully saturated rings. The Morgan fingerprint density at radius 2 is 2.23 bits per heavy atom. The summed E-state index contributed by atoms with van der Waals surface area (Å²) in [5.41, 5.74) is 1.96. The summed E-state index contributed by atoms with van der Waals surface area (Å²) in [7, 11) is 0. The van der Waals surface area contributed by atoms with E-state index in [1.807, 2.05) is 18.2 Å². The van der Waals surface area contributed by atoms with Crippen molar-refractivity contribution in [1.29, 1.82) is 0 Å². The zero-order valence-corrected chi connectivity index (χ0v) is 9.30. The third-order valence-electron chi connectivity index (χ3n) is 2.03. The van der Waals surface area contributed by atoms with E-state index in [1.165, 1.54) is 0 Å². The number of benzene rings is 1. The van der Waals surface area contributed by atoms with Crippen LogP contribution in [-0.4, -0.2) is 6.29 Å². The number of carbonyl (C=O) groups excluding carboxylic acids is 1. The molecule has 70 valence electrons. The monoisotopic (exact) mass is 240 g/mol. The van der Waals surface area contributed by atoms with Crippen LogP contribution < -0.4 is 0 Å². The van der Waals surface area contributed by atoms with Gasteiger partial charge in [-0.25, -0.2) is 0 Å². The molecule has 13 heavy (non-hydrogen) atoms. The standard InChI is InChI=1S/C11H13BrO/c1-2-3-4-9-7-11(12)6-5-10(9)8-13/h5-8H,2-4H2,1H3. The van der Waals surface area contributed by atoms with Gasteiger partial charge in [-0.2, -0.15) is 0 Å². The Morgan fingerprint density at radius 3 is 2.85 bits per heavy atom. The van der Waals surface area contributed by atoms with Crippen molar-refractivity contribution in [2.24, 2.45) is 0 Å². The summed E-state index contributed by atoms with van der Waals surface area (Å²) in [6.07, 6.45) is 4.21. The first-order chi connectivity index (χ1) is 6.27. The number of carbonyl (C=O) groups is 1. The smallest absolute Gasteiger partial charge is 0.150 e. The van der Waals surface area contributed by atoms with Crippen LogP contribution in [0.2, 0.25) is 0 Å². The van der Waals surface area contributed by atoms with Crippen LogP contribution in [0.1, 0.15) is 35.7 Å². The highest BCUT2D eigenvalue weighted by atomic mass is 79.9. The topological polar surface area (TPSA) is 17.1 Å². The fourth-order valence-corrected chi connectivity index (χ4v) is 1.68. The Morgan fingerprint density at radius 1 is 1.46 bits per heavy atom. The van der Waals surface area contributed by atoms with Crippen LogP contribution in [0.4, 0.5) is 0 Å². The molecule has 0 radical (unpaired) electrons. The van der Waals surface area contributed by atoms with E-state index in [4.69, 9.17) is 0 Å². The molecule has 0 atom stereocenters. The van der Waals surface area contributed by atoms with Crippen LogP contribution in [0, 0.1) is 0 Å². The molecular weight excluding hydrogens is 228 g/mol. The molecule has 1 rings (SSSR count). The van der Waals surface area contributed by atoms with Gasteiger partial charge in [-0.05, 0) is 30.5 Å². The number of halogens is 1. The van der Waals surface area contributed by atoms with Crippen molar-refractivity contribution in [3.8, 4) is 0 Å². The van der Waals surface area contributed by atoms with Gasteiger partial charge in [-0.3, -0.25) is 4.79 Å². The quantitative estimate of drug-likeness (QED) is 0.736. The molecule has 1 nitrogen and oxygen atoms in total. The van der Waals surface area contributed by atoms with E-state index in [0.29, 0.717) is 0 Å². The molecule has 1 aromatic rings. The normalized spacial score (nSPS) is 10.0. The summed E-state index contributed by atoms with van der Waals surface area (Å²) in [6, 6.07) is 5.79. The number of aldehydes is 1. The summed E-state index contributed by atoms with van der Waals surface area (Å²) in [5.74, 6) is 0. The summed E-state index contributed by atoms with van der Waals surface area (Å²) in [5, 5.41) is 0. The Bertz CT molecular complexity index is 294. The molecule has 0 bridgehead atoms. The van der Waals surface area contributed by atoms with Crippen LogP contribution >= 0.6 is 15.9 Å². The molecule has 0 saturated heterocycles. The van der Waals surface area contributed by atoms with E-state index in [1.54, 1.807) is 0 Å². The third-order valence-corrected chi connectivity index (χ3v) is 2.52. The lowest BCUT2D eigenvalue weighted by atomic mass is 10.0. The second-order valence-electron chi connectivity index (χ2n) is 3.06. The van der Waals surface area contributed by atoms with Gasteiger partial charge in [0.05, 0.1) is 0 Å². The zero-order chi connectivity index (χ0) is 9.68. The van der Waals surface area contributed by atoms with Gasteiger partial charge in [0, 0.05) is 10.0 Å². The van der Waals surface area contributed by atoms with Gasteiger partial charge in [0.2, 0.25) is 0 Å². The molecule has 0 aliphatic heterocycles. The molecule has 0 aliphatic rings. The van der Waals surface area contributed by atoms with E-state index in [0.717, 1.165) is 41.1 Å². The van der Waals surface area contributed by atoms with E-state index in [2.05, 4.69) is 22.9 Å². The van der Waals surface area contributed by atoms with Crippen molar-refractivity contribution in [3.05, 3.63) is 33.8 Å². The number of rotatable bonds is 4. The van der Waals surface area contributed by atoms with Crippen molar-refractivity contribution < 1.29 is 4.79 Å². The minimum atomic E-state index is 0.816. The number of unbranched alkanes of at least 4 members (excludes halogenated alkanes) is 1. The predicted molar refractivity (Wildman–Crippen MR) is 58.1 cm³/mol. The van der Waals surface area contributed by atoms with E-state index >= 15 is 0 Å². The SMILES string of the molecule is CCCCc1cc(Br)ccc1C=O. The van der Waals surface area contributed by atoms with Crippen LogP contribution in [0.15, 0.2) is 22.7 Å². The average Bonchev–Trinajstić information content (AvgIpc) is 2.15. The lowest BCUT2D eigenvalue weighted by Gasteiger charge is -2.03. The summed E-state index contributed by atoms with van der Waals surface area (Å²) in [4.78, 5) is 10.7. The van der Waals surface area contributed by atoms with Gasteiger partial charge in [0.25, 0.3) is 0 Å². The first-order valence-corrected chi connectivity index (χ1v) is 5.31. The second kappa shape index (κ2) is 5.18. The largest absolute Gasteiger partial charge is 0.298 e. The van der Waals surface area contributed by atoms with Gasteiger partial charge in [0.1, 0.15) is 6.29 Å². The maximum atomic E-state index is 10.7. The molecule has 1 aromatic carbocycles. The molecule has 0 saturated carbocycles. The number of hydrogen-bond donors (Lipinski definition) is 0. The summed E-state index contributed by atoms with van der Waals surface area (Å²) in [6.45, 7) is 2.15. The van der Waals surface area contributed by atoms with Gasteiger partial charge >= 0.3 is 0 Å². The molecule has 0 unspecified atom stereocenters. The van der Waals surface area contributed by atoms with Crippen molar-refractivity contribution in [2.75, 3.05) is 0 Å². The van der Waals surface area contributed by atoms with Crippen LogP contribution in [0.25, 0.3) is 0 Å². The van der Waals surface area contributed by atoms with E-state index < -0.39 is 0 Å². The fraction of sp³-hybridized carbons (Fsp3) is 0.364. The maximum absolute atomic E-state index is 10.7. The maximum Gasteiger partial charge on any atom is 0.150 e. The molecule has 0 aromatic heterocycles. The first kappa shape index (κ1) is 10.5. The molecule has 0 heterocycles. The van der Waals surface area contributed by atoms with E-state index in [9.17, 15) is 4.79 Å². The van der Waals surface area contributed by atoms with Gasteiger partial charge in [-0.1, -0.05) is 35.3 Å². The van der Waals surface area contributed by atoms with Crippen LogP contribution in [-0.2, 0) is 6.42 Å². The van der Waals surface area contributed by atoms with Crippen molar-refractivity contribution in [1.82, 2.24) is 0 Å². The van der Waals surface area contributed by atoms with Crippen molar-refractivity contribution in [3.63, 3.8) is 0 Å². The van der Waals surface area contributed by atoms with Crippen molar-refractivity contribution in [2.45, 2.75) is 26.2 Å². The van der Waals surface area contributed by atoms with Gasteiger partial charge < -0.3 is 0 Å². The highest BCUT2D eigenvalue weighted by molar-refractivity contribution is 9.10. The Balaban J connectivity index is 2.87. The van der Waals surface area contributed by atoms with Crippen LogP contribution in [0.3, 0.4) is 0 Å². The van der Waals surface area contributed by atoms with E-state index in [-0.39, 0.29) is 0 Å². The average molecular weight is 241 g/mol. The number of aryl methyl sites for hydroxylation is 1. The highest BCUT2D eigenvalue weighted by Crippen LogP contribution is 2.17. The first-order valence-electron chi connectivity index (χ1n) is 4.51. The molecule has 0 spiro atoms. The second-order valence-corrected chi connectivity index (χ2v) is 3.98. The molecule has 0 aliphatic carbocycles. The molecule has 2 heteroatoms. The highest BCUT2D eigenvalue weighted by Gasteiger charge is 2.01. The van der Waals surface area contributed by atoms with Gasteiger partial charge in [0.15, 0.2) is 0 Å². The van der Waals surface area contributed by atoms with Gasteiger partial charge in [-0.15, -0.1) is 0 Å². The van der Waals surface area contributed by atoms with Crippen molar-refractivity contribution >= 4 is 22.2 Å². The third kappa shape index (κ3) is 2.96. The fourth-order valence-electron chi connectivity index (χ4n) is 1.27. The predicted octanol–water partition coefficient (Wildman–Crippen LogP) is 3.60. The molecule has 0 N–H and O–H groups in total. The summed E-state index contributed by atoms with van der Waals surface area (Å²) >= 11 is 3.40. The number of hydrogen-bond acceptors (Lipinski definition) is 1. The van der Waals surface area contributed by atoms with Crippen LogP contribution in [0.5, 0.6) is 0 Å². The minimum absolute atomic E-state index is 0.816. The summed E-state index contributed by atoms with van der Waals surface area (Å²) < 4.78 is 1.05. The Kier molecular flexibility index (Phi) is 4.16. The molecular formula is C11H13BrO. The lowest BCUT2D eigenvalue weighted by Crippen LogP contribution is -1.92. The lowest BCUT2D eigenvalue weighted by molar-refractivity contribution is 0.112. The zero-order valence-electron chi connectivity index (χ0n) is 7.72. The minimum Gasteiger partial charge on any atom is -0.298 e. The molecule has 0 amide bonds. The Hall–Kier alpha value is -0.630. The Labute approximate surface area is 87.3 Å².